The summed E-state index contributed by atoms with van der Waals surface area (Å²) in [6.07, 6.45) is 1.33. The molecular formula is C22H19NO2S2. The van der Waals surface area contributed by atoms with Crippen LogP contribution >= 0.6 is 21.6 Å². The van der Waals surface area contributed by atoms with Crippen LogP contribution in [0.15, 0.2) is 65.6 Å². The predicted octanol–water partition coefficient (Wildman–Crippen LogP) is 5.72. The smallest absolute Gasteiger partial charge is 0.266 e. The molecule has 1 heterocycles. The number of anilines is 1. The van der Waals surface area contributed by atoms with Crippen molar-refractivity contribution in [3.05, 3.63) is 71.8 Å². The Hall–Kier alpha value is -2.24. The van der Waals surface area contributed by atoms with E-state index in [0.717, 1.165) is 33.4 Å². The van der Waals surface area contributed by atoms with E-state index in [9.17, 15) is 9.59 Å². The van der Waals surface area contributed by atoms with Crippen LogP contribution in [-0.2, 0) is 11.2 Å². The first-order valence-electron chi connectivity index (χ1n) is 8.97. The van der Waals surface area contributed by atoms with Gasteiger partial charge in [-0.3, -0.25) is 9.59 Å². The first-order valence-corrected chi connectivity index (χ1v) is 11.3. The highest BCUT2D eigenvalue weighted by Crippen LogP contribution is 2.40. The SMILES string of the molecule is CCCSSc1ccccc1N1C(=O)Cc2ccc3ccccc3c2C1=O. The molecule has 1 aliphatic rings. The van der Waals surface area contributed by atoms with Crippen LogP contribution in [0.5, 0.6) is 0 Å². The number of para-hydroxylation sites is 1. The lowest BCUT2D eigenvalue weighted by molar-refractivity contribution is -0.117. The highest BCUT2D eigenvalue weighted by Gasteiger charge is 2.34. The van der Waals surface area contributed by atoms with Gasteiger partial charge in [0.2, 0.25) is 5.91 Å². The monoisotopic (exact) mass is 393 g/mol. The second-order valence-electron chi connectivity index (χ2n) is 6.40. The van der Waals surface area contributed by atoms with Crippen LogP contribution in [0.25, 0.3) is 10.8 Å². The second kappa shape index (κ2) is 7.79. The molecule has 27 heavy (non-hydrogen) atoms. The normalized spacial score (nSPS) is 13.9. The van der Waals surface area contributed by atoms with Crippen molar-refractivity contribution in [3.63, 3.8) is 0 Å². The van der Waals surface area contributed by atoms with E-state index in [1.165, 1.54) is 4.90 Å². The van der Waals surface area contributed by atoms with Gasteiger partial charge in [-0.2, -0.15) is 0 Å². The summed E-state index contributed by atoms with van der Waals surface area (Å²) in [6, 6.07) is 19.4. The van der Waals surface area contributed by atoms with Gasteiger partial charge in [-0.05, 0) is 34.9 Å². The molecule has 3 aromatic carbocycles. The van der Waals surface area contributed by atoms with Crippen LogP contribution < -0.4 is 4.90 Å². The Morgan fingerprint density at radius 3 is 2.59 bits per heavy atom. The van der Waals surface area contributed by atoms with Gasteiger partial charge in [-0.25, -0.2) is 4.90 Å². The van der Waals surface area contributed by atoms with E-state index in [1.54, 1.807) is 21.6 Å². The number of imide groups is 1. The molecule has 0 aliphatic carbocycles. The molecule has 4 rings (SSSR count). The third-order valence-electron chi connectivity index (χ3n) is 4.57. The molecule has 0 fully saturated rings. The average molecular weight is 394 g/mol. The van der Waals surface area contributed by atoms with Gasteiger partial charge in [0.15, 0.2) is 0 Å². The third kappa shape index (κ3) is 3.37. The summed E-state index contributed by atoms with van der Waals surface area (Å²) in [5.41, 5.74) is 2.14. The van der Waals surface area contributed by atoms with E-state index in [4.69, 9.17) is 0 Å². The highest BCUT2D eigenvalue weighted by atomic mass is 33.1. The summed E-state index contributed by atoms with van der Waals surface area (Å²) in [6.45, 7) is 2.14. The number of carbonyl (C=O) groups excluding carboxylic acids is 2. The van der Waals surface area contributed by atoms with Crippen molar-refractivity contribution in [2.45, 2.75) is 24.7 Å². The molecule has 5 heteroatoms. The molecule has 0 bridgehead atoms. The van der Waals surface area contributed by atoms with Gasteiger partial charge in [0.25, 0.3) is 5.91 Å². The summed E-state index contributed by atoms with van der Waals surface area (Å²) in [4.78, 5) is 28.6. The summed E-state index contributed by atoms with van der Waals surface area (Å²) < 4.78 is 0. The topological polar surface area (TPSA) is 37.4 Å². The van der Waals surface area contributed by atoms with Gasteiger partial charge >= 0.3 is 0 Å². The molecule has 1 aliphatic heterocycles. The van der Waals surface area contributed by atoms with Gasteiger partial charge in [-0.1, -0.05) is 77.0 Å². The van der Waals surface area contributed by atoms with E-state index in [2.05, 4.69) is 6.92 Å². The molecule has 3 aromatic rings. The standard InChI is InChI=1S/C22H19NO2S2/c1-2-13-26-27-19-10-6-5-9-18(19)23-20(24)14-16-12-11-15-7-3-4-8-17(15)21(16)22(23)25/h3-12H,2,13-14H2,1H3. The van der Waals surface area contributed by atoms with Crippen molar-refractivity contribution in [1.82, 2.24) is 0 Å². The zero-order valence-electron chi connectivity index (χ0n) is 15.0. The maximum atomic E-state index is 13.4. The fraction of sp³-hybridized carbons (Fsp3) is 0.182. The van der Waals surface area contributed by atoms with Crippen LogP contribution in [-0.4, -0.2) is 17.6 Å². The first kappa shape index (κ1) is 18.1. The molecule has 0 saturated carbocycles. The number of nitrogens with zero attached hydrogens (tertiary/aromatic N) is 1. The van der Waals surface area contributed by atoms with Gasteiger partial charge < -0.3 is 0 Å². The number of fused-ring (bicyclic) bond motifs is 3. The first-order chi connectivity index (χ1) is 13.2. The molecule has 0 N–H and O–H groups in total. The minimum absolute atomic E-state index is 0.170. The average Bonchev–Trinajstić information content (AvgIpc) is 2.69. The Labute approximate surface area is 166 Å². The Kier molecular flexibility index (Phi) is 5.23. The zero-order chi connectivity index (χ0) is 18.8. The molecule has 0 unspecified atom stereocenters. The molecule has 3 nitrogen and oxygen atoms in total. The quantitative estimate of drug-likeness (QED) is 0.316. The van der Waals surface area contributed by atoms with Crippen LogP contribution in [0.1, 0.15) is 29.3 Å². The number of hydrogen-bond donors (Lipinski definition) is 0. The lowest BCUT2D eigenvalue weighted by Gasteiger charge is -2.29. The lowest BCUT2D eigenvalue weighted by atomic mass is 9.92. The molecule has 0 saturated heterocycles. The number of benzene rings is 3. The Bertz CT molecular complexity index is 1030. The van der Waals surface area contributed by atoms with Crippen LogP contribution in [0.3, 0.4) is 0 Å². The zero-order valence-corrected chi connectivity index (χ0v) is 16.6. The summed E-state index contributed by atoms with van der Waals surface area (Å²) in [7, 11) is 3.37. The Morgan fingerprint density at radius 1 is 0.963 bits per heavy atom. The molecule has 0 radical (unpaired) electrons. The fourth-order valence-corrected chi connectivity index (χ4v) is 5.64. The molecule has 2 amide bonds. The number of carbonyl (C=O) groups is 2. The summed E-state index contributed by atoms with van der Waals surface area (Å²) in [5.74, 6) is 0.622. The Balaban J connectivity index is 1.79. The molecular weight excluding hydrogens is 374 g/mol. The second-order valence-corrected chi connectivity index (χ2v) is 8.86. The largest absolute Gasteiger partial charge is 0.274 e. The van der Waals surface area contributed by atoms with E-state index in [1.807, 2.05) is 60.7 Å². The van der Waals surface area contributed by atoms with Gasteiger partial charge in [0.05, 0.1) is 17.7 Å². The van der Waals surface area contributed by atoms with Crippen molar-refractivity contribution >= 4 is 49.9 Å². The number of amides is 2. The molecule has 136 valence electrons. The molecule has 0 aromatic heterocycles. The lowest BCUT2D eigenvalue weighted by Crippen LogP contribution is -2.42. The Morgan fingerprint density at radius 2 is 1.74 bits per heavy atom. The summed E-state index contributed by atoms with van der Waals surface area (Å²) in [5, 5.41) is 1.92. The van der Waals surface area contributed by atoms with Crippen molar-refractivity contribution in [2.75, 3.05) is 10.7 Å². The van der Waals surface area contributed by atoms with E-state index in [-0.39, 0.29) is 18.2 Å². The van der Waals surface area contributed by atoms with Crippen molar-refractivity contribution in [1.29, 1.82) is 0 Å². The van der Waals surface area contributed by atoms with Gasteiger partial charge in [-0.15, -0.1) is 0 Å². The van der Waals surface area contributed by atoms with Crippen LogP contribution in [0, 0.1) is 0 Å². The van der Waals surface area contributed by atoms with Gasteiger partial charge in [0.1, 0.15) is 0 Å². The maximum Gasteiger partial charge on any atom is 0.266 e. The van der Waals surface area contributed by atoms with Crippen LogP contribution in [0.2, 0.25) is 0 Å². The molecule has 0 spiro atoms. The number of rotatable bonds is 5. The van der Waals surface area contributed by atoms with Crippen molar-refractivity contribution < 1.29 is 9.59 Å². The molecule has 0 atom stereocenters. The van der Waals surface area contributed by atoms with E-state index in [0.29, 0.717) is 11.3 Å². The minimum atomic E-state index is -0.230. The highest BCUT2D eigenvalue weighted by molar-refractivity contribution is 8.76. The van der Waals surface area contributed by atoms with E-state index >= 15 is 0 Å². The fourth-order valence-electron chi connectivity index (χ4n) is 3.33. The summed E-state index contributed by atoms with van der Waals surface area (Å²) >= 11 is 0. The third-order valence-corrected chi connectivity index (χ3v) is 7.18. The number of hydrogen-bond acceptors (Lipinski definition) is 4. The van der Waals surface area contributed by atoms with Crippen molar-refractivity contribution in [2.24, 2.45) is 0 Å². The van der Waals surface area contributed by atoms with E-state index < -0.39 is 0 Å². The predicted molar refractivity (Wildman–Crippen MR) is 115 cm³/mol. The van der Waals surface area contributed by atoms with Crippen LogP contribution in [0.4, 0.5) is 5.69 Å². The van der Waals surface area contributed by atoms with Gasteiger partial charge in [0, 0.05) is 10.6 Å². The minimum Gasteiger partial charge on any atom is -0.274 e. The maximum absolute atomic E-state index is 13.4. The van der Waals surface area contributed by atoms with Crippen molar-refractivity contribution in [3.8, 4) is 0 Å².